The molecule has 0 spiro atoms. The number of amides is 1. The summed E-state index contributed by atoms with van der Waals surface area (Å²) < 4.78 is 0. The van der Waals surface area contributed by atoms with Crippen LogP contribution in [0.25, 0.3) is 6.08 Å². The van der Waals surface area contributed by atoms with Crippen LogP contribution in [0.15, 0.2) is 24.3 Å². The number of aryl methyl sites for hydroxylation is 2. The summed E-state index contributed by atoms with van der Waals surface area (Å²) in [6.45, 7) is 4.09. The number of benzene rings is 1. The zero-order valence-corrected chi connectivity index (χ0v) is 8.79. The topological polar surface area (TPSA) is 29.1 Å². The van der Waals surface area contributed by atoms with Gasteiger partial charge in [0.25, 0.3) is 0 Å². The summed E-state index contributed by atoms with van der Waals surface area (Å²) in [5.74, 6) is -0.0787. The minimum atomic E-state index is -0.0787. The number of carbonyl (C=O) groups is 1. The standard InChI is InChI=1S/C12H15NO/c1-9-4-5-11(10(2)8-9)6-7-12(14)13-3/h4-8H,1-3H3,(H,13,14)/b7-6+. The predicted molar refractivity (Wildman–Crippen MR) is 59.0 cm³/mol. The van der Waals surface area contributed by atoms with E-state index in [2.05, 4.69) is 18.3 Å². The maximum atomic E-state index is 11.0. The molecule has 1 aromatic carbocycles. The molecule has 2 heteroatoms. The van der Waals surface area contributed by atoms with Gasteiger partial charge in [-0.1, -0.05) is 23.8 Å². The van der Waals surface area contributed by atoms with Crippen LogP contribution in [0.5, 0.6) is 0 Å². The molecule has 14 heavy (non-hydrogen) atoms. The molecule has 0 radical (unpaired) electrons. The lowest BCUT2D eigenvalue weighted by molar-refractivity contribution is -0.115. The minimum absolute atomic E-state index is 0.0787. The van der Waals surface area contributed by atoms with Crippen molar-refractivity contribution in [3.63, 3.8) is 0 Å². The van der Waals surface area contributed by atoms with E-state index in [-0.39, 0.29) is 5.91 Å². The lowest BCUT2D eigenvalue weighted by Gasteiger charge is -2.01. The Labute approximate surface area is 84.6 Å². The average molecular weight is 189 g/mol. The van der Waals surface area contributed by atoms with Crippen molar-refractivity contribution in [2.24, 2.45) is 0 Å². The zero-order valence-electron chi connectivity index (χ0n) is 8.79. The number of carbonyl (C=O) groups excluding carboxylic acids is 1. The number of rotatable bonds is 2. The largest absolute Gasteiger partial charge is 0.356 e. The number of hydrogen-bond donors (Lipinski definition) is 1. The Hall–Kier alpha value is -1.57. The van der Waals surface area contributed by atoms with Crippen LogP contribution in [0.3, 0.4) is 0 Å². The highest BCUT2D eigenvalue weighted by molar-refractivity contribution is 5.91. The van der Waals surface area contributed by atoms with Crippen LogP contribution in [0.1, 0.15) is 16.7 Å². The van der Waals surface area contributed by atoms with Crippen molar-refractivity contribution >= 4 is 12.0 Å². The molecular formula is C12H15NO. The molecule has 0 aliphatic rings. The van der Waals surface area contributed by atoms with Crippen LogP contribution < -0.4 is 5.32 Å². The van der Waals surface area contributed by atoms with E-state index in [0.717, 1.165) is 5.56 Å². The van der Waals surface area contributed by atoms with E-state index < -0.39 is 0 Å². The monoisotopic (exact) mass is 189 g/mol. The van der Waals surface area contributed by atoms with Gasteiger partial charge in [0.1, 0.15) is 0 Å². The Bertz CT molecular complexity index is 367. The number of nitrogens with one attached hydrogen (secondary N) is 1. The van der Waals surface area contributed by atoms with Gasteiger partial charge in [0, 0.05) is 13.1 Å². The molecule has 0 unspecified atom stereocenters. The zero-order chi connectivity index (χ0) is 10.6. The summed E-state index contributed by atoms with van der Waals surface area (Å²) in [6.07, 6.45) is 3.37. The summed E-state index contributed by atoms with van der Waals surface area (Å²) in [7, 11) is 1.62. The van der Waals surface area contributed by atoms with Crippen LogP contribution in [0, 0.1) is 13.8 Å². The summed E-state index contributed by atoms with van der Waals surface area (Å²) in [4.78, 5) is 11.0. The fraction of sp³-hybridized carbons (Fsp3) is 0.250. The van der Waals surface area contributed by atoms with Crippen molar-refractivity contribution in [3.8, 4) is 0 Å². The van der Waals surface area contributed by atoms with Crippen molar-refractivity contribution in [3.05, 3.63) is 41.0 Å². The Morgan fingerprint density at radius 2 is 2.07 bits per heavy atom. The first-order valence-electron chi connectivity index (χ1n) is 4.60. The maximum absolute atomic E-state index is 11.0. The SMILES string of the molecule is CNC(=O)/C=C/c1ccc(C)cc1C. The Morgan fingerprint density at radius 1 is 1.36 bits per heavy atom. The van der Waals surface area contributed by atoms with Gasteiger partial charge in [-0.05, 0) is 31.1 Å². The third-order valence-corrected chi connectivity index (χ3v) is 2.09. The van der Waals surface area contributed by atoms with Crippen LogP contribution in [0.4, 0.5) is 0 Å². The normalized spacial score (nSPS) is 10.5. The van der Waals surface area contributed by atoms with Gasteiger partial charge < -0.3 is 5.32 Å². The van der Waals surface area contributed by atoms with Gasteiger partial charge in [-0.3, -0.25) is 4.79 Å². The van der Waals surface area contributed by atoms with E-state index in [1.165, 1.54) is 17.2 Å². The van der Waals surface area contributed by atoms with Gasteiger partial charge in [0.05, 0.1) is 0 Å². The van der Waals surface area contributed by atoms with Crippen LogP contribution in [-0.4, -0.2) is 13.0 Å². The van der Waals surface area contributed by atoms with E-state index in [1.54, 1.807) is 7.05 Å². The van der Waals surface area contributed by atoms with Gasteiger partial charge in [-0.25, -0.2) is 0 Å². The molecule has 0 heterocycles. The Kier molecular flexibility index (Phi) is 3.46. The molecule has 1 aromatic rings. The van der Waals surface area contributed by atoms with Gasteiger partial charge in [0.15, 0.2) is 0 Å². The van der Waals surface area contributed by atoms with E-state index in [1.807, 2.05) is 25.1 Å². The lowest BCUT2D eigenvalue weighted by atomic mass is 10.1. The molecule has 0 fully saturated rings. The summed E-state index contributed by atoms with van der Waals surface area (Å²) in [6, 6.07) is 6.16. The third-order valence-electron chi connectivity index (χ3n) is 2.09. The summed E-state index contributed by atoms with van der Waals surface area (Å²) in [5, 5.41) is 2.54. The second-order valence-electron chi connectivity index (χ2n) is 3.31. The molecule has 0 atom stereocenters. The van der Waals surface area contributed by atoms with Gasteiger partial charge >= 0.3 is 0 Å². The highest BCUT2D eigenvalue weighted by Crippen LogP contribution is 2.11. The molecule has 1 amide bonds. The Morgan fingerprint density at radius 3 is 2.64 bits per heavy atom. The number of hydrogen-bond acceptors (Lipinski definition) is 1. The first kappa shape index (κ1) is 10.5. The molecule has 0 saturated heterocycles. The maximum Gasteiger partial charge on any atom is 0.243 e. The molecule has 0 aromatic heterocycles. The fourth-order valence-electron chi connectivity index (χ4n) is 1.26. The molecule has 1 rings (SSSR count). The second-order valence-corrected chi connectivity index (χ2v) is 3.31. The van der Waals surface area contributed by atoms with Gasteiger partial charge in [0.2, 0.25) is 5.91 Å². The van der Waals surface area contributed by atoms with Gasteiger partial charge in [-0.15, -0.1) is 0 Å². The Balaban J connectivity index is 2.87. The van der Waals surface area contributed by atoms with Crippen LogP contribution >= 0.6 is 0 Å². The average Bonchev–Trinajstić information content (AvgIpc) is 2.16. The fourth-order valence-corrected chi connectivity index (χ4v) is 1.26. The van der Waals surface area contributed by atoms with Crippen molar-refractivity contribution in [2.45, 2.75) is 13.8 Å². The highest BCUT2D eigenvalue weighted by atomic mass is 16.1. The number of likely N-dealkylation sites (N-methyl/N-ethyl adjacent to an activating group) is 1. The molecule has 2 nitrogen and oxygen atoms in total. The van der Waals surface area contributed by atoms with E-state index in [4.69, 9.17) is 0 Å². The molecule has 0 aliphatic heterocycles. The molecule has 0 saturated carbocycles. The molecule has 0 bridgehead atoms. The van der Waals surface area contributed by atoms with Crippen molar-refractivity contribution in [1.82, 2.24) is 5.32 Å². The lowest BCUT2D eigenvalue weighted by Crippen LogP contribution is -2.13. The summed E-state index contributed by atoms with van der Waals surface area (Å²) >= 11 is 0. The molecule has 0 aliphatic carbocycles. The van der Waals surface area contributed by atoms with Crippen LogP contribution in [-0.2, 0) is 4.79 Å². The molecule has 74 valence electrons. The van der Waals surface area contributed by atoms with Crippen molar-refractivity contribution < 1.29 is 4.79 Å². The predicted octanol–water partition coefficient (Wildman–Crippen LogP) is 2.06. The van der Waals surface area contributed by atoms with Crippen LogP contribution in [0.2, 0.25) is 0 Å². The van der Waals surface area contributed by atoms with Crippen molar-refractivity contribution in [2.75, 3.05) is 7.05 Å². The minimum Gasteiger partial charge on any atom is -0.356 e. The molecular weight excluding hydrogens is 174 g/mol. The van der Waals surface area contributed by atoms with E-state index in [9.17, 15) is 4.79 Å². The second kappa shape index (κ2) is 4.61. The van der Waals surface area contributed by atoms with E-state index in [0.29, 0.717) is 0 Å². The smallest absolute Gasteiger partial charge is 0.243 e. The van der Waals surface area contributed by atoms with E-state index >= 15 is 0 Å². The highest BCUT2D eigenvalue weighted by Gasteiger charge is 1.95. The quantitative estimate of drug-likeness (QED) is 0.709. The molecule has 1 N–H and O–H groups in total. The first-order valence-corrected chi connectivity index (χ1v) is 4.60. The van der Waals surface area contributed by atoms with Gasteiger partial charge in [-0.2, -0.15) is 0 Å². The first-order chi connectivity index (χ1) is 6.63. The summed E-state index contributed by atoms with van der Waals surface area (Å²) in [5.41, 5.74) is 3.50. The van der Waals surface area contributed by atoms with Crippen molar-refractivity contribution in [1.29, 1.82) is 0 Å². The third kappa shape index (κ3) is 2.73.